The average molecular weight is 443 g/mol. The first-order valence-corrected chi connectivity index (χ1v) is 11.9. The number of sulfonamides is 1. The summed E-state index contributed by atoms with van der Waals surface area (Å²) in [4.78, 5) is 14.8. The summed E-state index contributed by atoms with van der Waals surface area (Å²) in [7, 11) is -1.86. The lowest BCUT2D eigenvalue weighted by molar-refractivity contribution is 0.0693. The predicted octanol–water partition coefficient (Wildman–Crippen LogP) is 3.79. The summed E-state index contributed by atoms with van der Waals surface area (Å²) in [5.41, 5.74) is 2.40. The minimum absolute atomic E-state index is 0.0973. The van der Waals surface area contributed by atoms with Crippen LogP contribution in [0.3, 0.4) is 0 Å². The number of ether oxygens (including phenoxy) is 1. The molecule has 0 radical (unpaired) electrons. The highest BCUT2D eigenvalue weighted by Crippen LogP contribution is 2.31. The van der Waals surface area contributed by atoms with Crippen LogP contribution in [0.1, 0.15) is 10.4 Å². The zero-order valence-corrected chi connectivity index (χ0v) is 18.2. The molecular weight excluding hydrogens is 420 g/mol. The van der Waals surface area contributed by atoms with E-state index in [1.54, 1.807) is 35.6 Å². The van der Waals surface area contributed by atoms with Gasteiger partial charge in [-0.1, -0.05) is 45.9 Å². The van der Waals surface area contributed by atoms with Crippen LogP contribution < -0.4 is 4.74 Å². The molecule has 8 heteroatoms. The van der Waals surface area contributed by atoms with Crippen LogP contribution in [0, 0.1) is 0 Å². The molecule has 0 aliphatic carbocycles. The zero-order valence-electron chi connectivity index (χ0n) is 16.5. The van der Waals surface area contributed by atoms with Crippen molar-refractivity contribution in [3.63, 3.8) is 0 Å². The second-order valence-corrected chi connectivity index (χ2v) is 10.0. The van der Waals surface area contributed by atoms with Crippen molar-refractivity contribution in [2.45, 2.75) is 4.21 Å². The summed E-state index contributed by atoms with van der Waals surface area (Å²) in [6, 6.07) is 18.5. The molecular formula is C22H22N2O4S2. The summed E-state index contributed by atoms with van der Waals surface area (Å²) in [6.07, 6.45) is 0. The number of rotatable bonds is 5. The van der Waals surface area contributed by atoms with Gasteiger partial charge in [-0.05, 0) is 35.2 Å². The molecule has 2 heterocycles. The first-order valence-electron chi connectivity index (χ1n) is 9.57. The van der Waals surface area contributed by atoms with Crippen molar-refractivity contribution < 1.29 is 18.3 Å². The van der Waals surface area contributed by atoms with Crippen molar-refractivity contribution in [1.29, 1.82) is 0 Å². The topological polar surface area (TPSA) is 72.9 Å². The molecule has 1 aromatic heterocycles. The Kier molecular flexibility index (Phi) is 6.01. The number of amides is 1. The molecule has 6 nitrogen and oxygen atoms in total. The predicted molar refractivity (Wildman–Crippen MR) is 117 cm³/mol. The first kappa shape index (κ1) is 20.7. The van der Waals surface area contributed by atoms with E-state index < -0.39 is 10.4 Å². The van der Waals surface area contributed by atoms with E-state index in [0.717, 1.165) is 16.9 Å². The maximum Gasteiger partial charge on any atom is 0.253 e. The van der Waals surface area contributed by atoms with Gasteiger partial charge in [-0.3, -0.25) is 4.79 Å². The van der Waals surface area contributed by atoms with Gasteiger partial charge in [-0.25, -0.2) is 0 Å². The van der Waals surface area contributed by atoms with Crippen LogP contribution in [-0.4, -0.2) is 53.0 Å². The summed E-state index contributed by atoms with van der Waals surface area (Å²) in [5.74, 6) is 0.648. The zero-order chi connectivity index (χ0) is 21.1. The second kappa shape index (κ2) is 8.69. The third kappa shape index (κ3) is 4.04. The maximum atomic E-state index is 13.1. The van der Waals surface area contributed by atoms with Gasteiger partial charge in [0.05, 0.1) is 20.2 Å². The molecule has 30 heavy (non-hydrogen) atoms. The number of nitrogens with zero attached hydrogens (tertiary/aromatic N) is 2. The monoisotopic (exact) mass is 442 g/mol. The minimum atomic E-state index is -3.48. The van der Waals surface area contributed by atoms with E-state index in [-0.39, 0.29) is 19.0 Å². The SMILES string of the molecule is COc1ccccc1-c1cccc(C(=O)N2CCN([S+](=O)([O-])c3cccs3)CC2)c1. The van der Waals surface area contributed by atoms with E-state index in [4.69, 9.17) is 4.74 Å². The molecule has 1 aliphatic heterocycles. The molecule has 1 unspecified atom stereocenters. The van der Waals surface area contributed by atoms with Gasteiger partial charge >= 0.3 is 0 Å². The molecule has 156 valence electrons. The van der Waals surface area contributed by atoms with Gasteiger partial charge < -0.3 is 14.2 Å². The summed E-state index contributed by atoms with van der Waals surface area (Å²) >= 11 is 1.21. The normalized spacial score (nSPS) is 16.8. The molecule has 4 rings (SSSR count). The van der Waals surface area contributed by atoms with Crippen LogP contribution in [0.25, 0.3) is 11.1 Å². The number of hydrogen-bond acceptors (Lipinski definition) is 5. The Labute approximate surface area is 181 Å². The van der Waals surface area contributed by atoms with Crippen molar-refractivity contribution >= 4 is 27.6 Å². The van der Waals surface area contributed by atoms with Gasteiger partial charge in [-0.2, -0.15) is 0 Å². The molecule has 0 spiro atoms. The van der Waals surface area contributed by atoms with Crippen LogP contribution in [0.15, 0.2) is 70.3 Å². The van der Waals surface area contributed by atoms with Crippen molar-refractivity contribution in [2.75, 3.05) is 33.3 Å². The Balaban J connectivity index is 1.48. The Bertz CT molecular complexity index is 1080. The van der Waals surface area contributed by atoms with Crippen LogP contribution >= 0.6 is 11.3 Å². The largest absolute Gasteiger partial charge is 0.592 e. The molecule has 1 saturated heterocycles. The van der Waals surface area contributed by atoms with Crippen molar-refractivity contribution in [1.82, 2.24) is 9.21 Å². The van der Waals surface area contributed by atoms with Crippen molar-refractivity contribution in [2.24, 2.45) is 0 Å². The molecule has 1 atom stereocenters. The number of carbonyl (C=O) groups excluding carboxylic acids is 1. The molecule has 0 bridgehead atoms. The number of hydrogen-bond donors (Lipinski definition) is 0. The highest BCUT2D eigenvalue weighted by Gasteiger charge is 2.35. The first-order chi connectivity index (χ1) is 14.5. The van der Waals surface area contributed by atoms with E-state index >= 15 is 0 Å². The van der Waals surface area contributed by atoms with E-state index in [2.05, 4.69) is 0 Å². The van der Waals surface area contributed by atoms with Crippen LogP contribution in [-0.2, 0) is 14.6 Å². The number of piperazine rings is 1. The average Bonchev–Trinajstić information content (AvgIpc) is 3.35. The van der Waals surface area contributed by atoms with Crippen LogP contribution in [0.4, 0.5) is 0 Å². The minimum Gasteiger partial charge on any atom is -0.592 e. The molecule has 0 saturated carbocycles. The third-order valence-electron chi connectivity index (χ3n) is 5.14. The highest BCUT2D eigenvalue weighted by molar-refractivity contribution is 7.97. The molecule has 1 aliphatic rings. The number of carbonyl (C=O) groups is 1. The highest BCUT2D eigenvalue weighted by atomic mass is 32.3. The standard InChI is InChI=1S/C22H22N2O4S2/c1-28-20-9-3-2-8-19(20)17-6-4-7-18(16-17)22(25)23-11-13-24(14-12-23)30(26,27)21-10-5-15-29-21/h2-10,15-16H,11-14H2,1H3. The van der Waals surface area contributed by atoms with Gasteiger partial charge in [0.2, 0.25) is 4.21 Å². The van der Waals surface area contributed by atoms with Crippen LogP contribution in [0.2, 0.25) is 0 Å². The maximum absolute atomic E-state index is 13.1. The fraction of sp³-hybridized carbons (Fsp3) is 0.227. The Morgan fingerprint density at radius 3 is 2.50 bits per heavy atom. The van der Waals surface area contributed by atoms with E-state index in [9.17, 15) is 13.6 Å². The van der Waals surface area contributed by atoms with Crippen LogP contribution in [0.5, 0.6) is 5.75 Å². The molecule has 1 fully saturated rings. The van der Waals surface area contributed by atoms with Crippen molar-refractivity contribution in [3.05, 3.63) is 71.6 Å². The van der Waals surface area contributed by atoms with Crippen molar-refractivity contribution in [3.8, 4) is 16.9 Å². The number of thiophene rings is 1. The molecule has 3 aromatic rings. The third-order valence-corrected chi connectivity index (χ3v) is 8.41. The van der Waals surface area contributed by atoms with Gasteiger partial charge in [-0.15, -0.1) is 4.31 Å². The lowest BCUT2D eigenvalue weighted by Crippen LogP contribution is -2.52. The fourth-order valence-corrected chi connectivity index (χ4v) is 6.12. The van der Waals surface area contributed by atoms with Gasteiger partial charge in [0.1, 0.15) is 5.75 Å². The second-order valence-electron chi connectivity index (χ2n) is 6.91. The smallest absolute Gasteiger partial charge is 0.253 e. The Morgan fingerprint density at radius 1 is 1.03 bits per heavy atom. The quantitative estimate of drug-likeness (QED) is 0.564. The number of methoxy groups -OCH3 is 1. The summed E-state index contributed by atoms with van der Waals surface area (Å²) in [6.45, 7) is 1.31. The number of para-hydroxylation sites is 1. The molecule has 0 N–H and O–H groups in total. The van der Waals surface area contributed by atoms with E-state index in [0.29, 0.717) is 22.9 Å². The summed E-state index contributed by atoms with van der Waals surface area (Å²) < 4.78 is 32.6. The lowest BCUT2D eigenvalue weighted by atomic mass is 10.0. The fourth-order valence-electron chi connectivity index (χ4n) is 3.55. The van der Waals surface area contributed by atoms with E-state index in [1.807, 2.05) is 42.5 Å². The van der Waals surface area contributed by atoms with Gasteiger partial charge in [0.25, 0.3) is 5.91 Å². The van der Waals surface area contributed by atoms with Gasteiger partial charge in [0.15, 0.2) is 10.4 Å². The molecule has 2 aromatic carbocycles. The lowest BCUT2D eigenvalue weighted by Gasteiger charge is -2.35. The Morgan fingerprint density at radius 2 is 1.80 bits per heavy atom. The summed E-state index contributed by atoms with van der Waals surface area (Å²) in [5, 5.41) is 1.75. The van der Waals surface area contributed by atoms with E-state index in [1.165, 1.54) is 15.6 Å². The molecule has 1 amide bonds. The number of benzene rings is 2. The van der Waals surface area contributed by atoms with Gasteiger partial charge in [0, 0.05) is 30.3 Å². The Hall–Kier alpha value is -2.52.